The molecule has 0 spiro atoms. The molecule has 0 bridgehead atoms. The van der Waals surface area contributed by atoms with Gasteiger partial charge < -0.3 is 16.2 Å². The van der Waals surface area contributed by atoms with Crippen molar-refractivity contribution in [1.82, 2.24) is 9.97 Å². The van der Waals surface area contributed by atoms with E-state index in [0.717, 1.165) is 27.9 Å². The second-order valence-electron chi connectivity index (χ2n) is 5.18. The Balaban J connectivity index is 2.11. The number of aryl methyl sites for hydroxylation is 1. The lowest BCUT2D eigenvalue weighted by atomic mass is 10.0. The molecule has 3 aromatic rings. The van der Waals surface area contributed by atoms with Gasteiger partial charge in [0, 0.05) is 11.1 Å². The number of methoxy groups -OCH3 is 1. The lowest BCUT2D eigenvalue weighted by molar-refractivity contribution is 0.414. The first-order valence-corrected chi connectivity index (χ1v) is 7.02. The molecule has 22 heavy (non-hydrogen) atoms. The normalized spacial score (nSPS) is 12.3. The molecular formula is C17H18N4O. The van der Waals surface area contributed by atoms with Gasteiger partial charge in [-0.1, -0.05) is 12.1 Å². The highest BCUT2D eigenvalue weighted by Gasteiger charge is 2.15. The number of benzene rings is 2. The van der Waals surface area contributed by atoms with Crippen molar-refractivity contribution in [2.75, 3.05) is 12.8 Å². The minimum absolute atomic E-state index is 0.335. The summed E-state index contributed by atoms with van der Waals surface area (Å²) >= 11 is 0. The van der Waals surface area contributed by atoms with E-state index in [4.69, 9.17) is 16.2 Å². The topological polar surface area (TPSA) is 87.0 Å². The Kier molecular flexibility index (Phi) is 3.65. The van der Waals surface area contributed by atoms with Crippen LogP contribution in [0.5, 0.6) is 5.75 Å². The lowest BCUT2D eigenvalue weighted by Crippen LogP contribution is -2.15. The molecule has 1 aromatic heterocycles. The summed E-state index contributed by atoms with van der Waals surface area (Å²) in [4.78, 5) is 8.98. The molecule has 4 N–H and O–H groups in total. The van der Waals surface area contributed by atoms with Crippen molar-refractivity contribution in [1.29, 1.82) is 0 Å². The van der Waals surface area contributed by atoms with Crippen molar-refractivity contribution < 1.29 is 4.74 Å². The Hall–Kier alpha value is -2.66. The molecule has 0 fully saturated rings. The van der Waals surface area contributed by atoms with Crippen LogP contribution in [0.15, 0.2) is 42.5 Å². The van der Waals surface area contributed by atoms with Crippen LogP contribution in [0, 0.1) is 6.92 Å². The number of nitrogens with zero attached hydrogens (tertiary/aromatic N) is 2. The van der Waals surface area contributed by atoms with E-state index < -0.39 is 0 Å². The van der Waals surface area contributed by atoms with E-state index in [-0.39, 0.29) is 6.04 Å². The minimum Gasteiger partial charge on any atom is -0.497 e. The molecule has 2 aromatic carbocycles. The van der Waals surface area contributed by atoms with Gasteiger partial charge >= 0.3 is 0 Å². The highest BCUT2D eigenvalue weighted by molar-refractivity contribution is 5.84. The molecule has 1 heterocycles. The lowest BCUT2D eigenvalue weighted by Gasteiger charge is -2.15. The van der Waals surface area contributed by atoms with Crippen molar-refractivity contribution in [2.24, 2.45) is 5.73 Å². The summed E-state index contributed by atoms with van der Waals surface area (Å²) in [6.07, 6.45) is 0. The van der Waals surface area contributed by atoms with Gasteiger partial charge in [-0.05, 0) is 42.8 Å². The number of nitrogen functional groups attached to an aromatic ring is 1. The number of rotatable bonds is 3. The highest BCUT2D eigenvalue weighted by Crippen LogP contribution is 2.27. The summed E-state index contributed by atoms with van der Waals surface area (Å²) in [6.45, 7) is 1.85. The molecule has 1 unspecified atom stereocenters. The number of anilines is 1. The average molecular weight is 294 g/mol. The maximum absolute atomic E-state index is 6.42. The van der Waals surface area contributed by atoms with Gasteiger partial charge in [0.05, 0.1) is 24.4 Å². The fraction of sp³-hybridized carbons (Fsp3) is 0.176. The summed E-state index contributed by atoms with van der Waals surface area (Å²) in [5.41, 5.74) is 15.5. The van der Waals surface area contributed by atoms with Crippen LogP contribution < -0.4 is 16.2 Å². The molecule has 0 saturated carbocycles. The predicted molar refractivity (Wildman–Crippen MR) is 87.7 cm³/mol. The summed E-state index contributed by atoms with van der Waals surface area (Å²) in [5.74, 6) is 1.48. The zero-order valence-electron chi connectivity index (χ0n) is 12.6. The van der Waals surface area contributed by atoms with Gasteiger partial charge in [0.25, 0.3) is 0 Å². The van der Waals surface area contributed by atoms with Crippen LogP contribution in [0.4, 0.5) is 5.69 Å². The molecule has 0 radical (unpaired) electrons. The summed E-state index contributed by atoms with van der Waals surface area (Å²) in [7, 11) is 1.64. The van der Waals surface area contributed by atoms with E-state index in [1.54, 1.807) is 7.11 Å². The predicted octanol–water partition coefficient (Wildman–Crippen LogP) is 2.58. The third-order valence-electron chi connectivity index (χ3n) is 3.63. The molecule has 0 aliphatic carbocycles. The highest BCUT2D eigenvalue weighted by atomic mass is 16.5. The molecule has 112 valence electrons. The SMILES string of the molecule is COc1ccc(C(N)c2nc(C)nc3cc(N)ccc23)cc1. The van der Waals surface area contributed by atoms with Crippen molar-refractivity contribution in [3.05, 3.63) is 59.5 Å². The standard InChI is InChI=1S/C17H18N4O/c1-10-20-15-9-12(18)5-8-14(15)17(21-10)16(19)11-3-6-13(22-2)7-4-11/h3-9,16H,18-19H2,1-2H3. The van der Waals surface area contributed by atoms with E-state index >= 15 is 0 Å². The second kappa shape index (κ2) is 5.61. The van der Waals surface area contributed by atoms with Crippen LogP contribution in [0.25, 0.3) is 10.9 Å². The number of hydrogen-bond donors (Lipinski definition) is 2. The molecular weight excluding hydrogens is 276 g/mol. The molecule has 1 atom stereocenters. The van der Waals surface area contributed by atoms with Gasteiger partial charge in [0.2, 0.25) is 0 Å². The molecule has 3 rings (SSSR count). The van der Waals surface area contributed by atoms with Crippen molar-refractivity contribution in [3.8, 4) is 5.75 Å². The van der Waals surface area contributed by atoms with Crippen molar-refractivity contribution in [3.63, 3.8) is 0 Å². The largest absolute Gasteiger partial charge is 0.497 e. The zero-order chi connectivity index (χ0) is 15.7. The van der Waals surface area contributed by atoms with E-state index in [1.807, 2.05) is 49.4 Å². The van der Waals surface area contributed by atoms with E-state index in [1.165, 1.54) is 0 Å². The monoisotopic (exact) mass is 294 g/mol. The van der Waals surface area contributed by atoms with Gasteiger partial charge in [-0.15, -0.1) is 0 Å². The summed E-state index contributed by atoms with van der Waals surface area (Å²) < 4.78 is 5.18. The molecule has 0 saturated heterocycles. The number of nitrogens with two attached hydrogens (primary N) is 2. The Labute approximate surface area is 128 Å². The third kappa shape index (κ3) is 2.58. The smallest absolute Gasteiger partial charge is 0.126 e. The van der Waals surface area contributed by atoms with Crippen molar-refractivity contribution in [2.45, 2.75) is 13.0 Å². The maximum Gasteiger partial charge on any atom is 0.126 e. The summed E-state index contributed by atoms with van der Waals surface area (Å²) in [6, 6.07) is 12.9. The number of hydrogen-bond acceptors (Lipinski definition) is 5. The molecule has 5 heteroatoms. The maximum atomic E-state index is 6.42. The van der Waals surface area contributed by atoms with Crippen LogP contribution in [-0.2, 0) is 0 Å². The van der Waals surface area contributed by atoms with Gasteiger partial charge in [0.1, 0.15) is 11.6 Å². The number of fused-ring (bicyclic) bond motifs is 1. The van der Waals surface area contributed by atoms with E-state index in [9.17, 15) is 0 Å². The van der Waals surface area contributed by atoms with Crippen LogP contribution in [0.1, 0.15) is 23.1 Å². The zero-order valence-corrected chi connectivity index (χ0v) is 12.6. The van der Waals surface area contributed by atoms with E-state index in [0.29, 0.717) is 11.5 Å². The van der Waals surface area contributed by atoms with Crippen LogP contribution in [-0.4, -0.2) is 17.1 Å². The Morgan fingerprint density at radius 2 is 1.77 bits per heavy atom. The quantitative estimate of drug-likeness (QED) is 0.725. The first kappa shape index (κ1) is 14.3. The number of aromatic nitrogens is 2. The fourth-order valence-corrected chi connectivity index (χ4v) is 2.50. The first-order valence-electron chi connectivity index (χ1n) is 7.02. The van der Waals surface area contributed by atoms with Crippen LogP contribution in [0.2, 0.25) is 0 Å². The first-order chi connectivity index (χ1) is 10.6. The molecule has 0 aliphatic rings. The Morgan fingerprint density at radius 3 is 2.45 bits per heavy atom. The van der Waals surface area contributed by atoms with Gasteiger partial charge in [-0.3, -0.25) is 0 Å². The molecule has 5 nitrogen and oxygen atoms in total. The second-order valence-corrected chi connectivity index (χ2v) is 5.18. The van der Waals surface area contributed by atoms with Gasteiger partial charge in [-0.25, -0.2) is 9.97 Å². The van der Waals surface area contributed by atoms with Crippen LogP contribution >= 0.6 is 0 Å². The fourth-order valence-electron chi connectivity index (χ4n) is 2.50. The van der Waals surface area contributed by atoms with E-state index in [2.05, 4.69) is 9.97 Å². The minimum atomic E-state index is -0.335. The average Bonchev–Trinajstić information content (AvgIpc) is 2.53. The Bertz CT molecular complexity index is 810. The van der Waals surface area contributed by atoms with Crippen LogP contribution in [0.3, 0.4) is 0 Å². The third-order valence-corrected chi connectivity index (χ3v) is 3.63. The number of ether oxygens (including phenoxy) is 1. The van der Waals surface area contributed by atoms with Gasteiger partial charge in [0.15, 0.2) is 0 Å². The van der Waals surface area contributed by atoms with Crippen molar-refractivity contribution >= 4 is 16.6 Å². The molecule has 0 amide bonds. The molecule has 0 aliphatic heterocycles. The van der Waals surface area contributed by atoms with Gasteiger partial charge in [-0.2, -0.15) is 0 Å². The summed E-state index contributed by atoms with van der Waals surface area (Å²) in [5, 5.41) is 0.920. The Morgan fingerprint density at radius 1 is 1.05 bits per heavy atom.